The second kappa shape index (κ2) is 3.22. The predicted molar refractivity (Wildman–Crippen MR) is 56.6 cm³/mol. The third-order valence-electron chi connectivity index (χ3n) is 2.09. The number of aryl methyl sites for hydroxylation is 1. The van der Waals surface area contributed by atoms with Gasteiger partial charge in [0.25, 0.3) is 0 Å². The molecule has 0 aliphatic rings. The number of hydrogen-bond donors (Lipinski definition) is 1. The van der Waals surface area contributed by atoms with Gasteiger partial charge in [-0.05, 0) is 29.5 Å². The van der Waals surface area contributed by atoms with Gasteiger partial charge in [-0.2, -0.15) is 0 Å². The molecular formula is C11H15ClO. The standard InChI is InChI=1S/C11H15ClO/c1-7-5-8(11(2,3)4)9(12)6-10(7)13/h5-6,13H,1-4H3. The van der Waals surface area contributed by atoms with E-state index in [0.29, 0.717) is 5.02 Å². The molecule has 0 unspecified atom stereocenters. The lowest BCUT2D eigenvalue weighted by molar-refractivity contribution is 0.469. The van der Waals surface area contributed by atoms with Crippen LogP contribution in [0.4, 0.5) is 0 Å². The van der Waals surface area contributed by atoms with Crippen molar-refractivity contribution in [2.45, 2.75) is 33.1 Å². The Morgan fingerprint density at radius 3 is 2.23 bits per heavy atom. The summed E-state index contributed by atoms with van der Waals surface area (Å²) in [4.78, 5) is 0. The summed E-state index contributed by atoms with van der Waals surface area (Å²) < 4.78 is 0. The predicted octanol–water partition coefficient (Wildman–Crippen LogP) is 3.65. The van der Waals surface area contributed by atoms with E-state index in [1.807, 2.05) is 13.0 Å². The van der Waals surface area contributed by atoms with Crippen LogP contribution in [0.15, 0.2) is 12.1 Å². The highest BCUT2D eigenvalue weighted by atomic mass is 35.5. The summed E-state index contributed by atoms with van der Waals surface area (Å²) in [5, 5.41) is 10.0. The van der Waals surface area contributed by atoms with E-state index in [-0.39, 0.29) is 11.2 Å². The molecule has 1 nitrogen and oxygen atoms in total. The van der Waals surface area contributed by atoms with Crippen LogP contribution in [0.5, 0.6) is 5.75 Å². The Morgan fingerprint density at radius 1 is 1.23 bits per heavy atom. The van der Waals surface area contributed by atoms with E-state index < -0.39 is 0 Å². The van der Waals surface area contributed by atoms with Crippen molar-refractivity contribution in [3.63, 3.8) is 0 Å². The van der Waals surface area contributed by atoms with Gasteiger partial charge >= 0.3 is 0 Å². The van der Waals surface area contributed by atoms with E-state index in [0.717, 1.165) is 11.1 Å². The number of benzene rings is 1. The third-order valence-corrected chi connectivity index (χ3v) is 2.41. The number of phenolic OH excluding ortho intramolecular Hbond substituents is 1. The highest BCUT2D eigenvalue weighted by Gasteiger charge is 2.18. The van der Waals surface area contributed by atoms with Crippen molar-refractivity contribution in [2.75, 3.05) is 0 Å². The molecule has 0 aliphatic heterocycles. The second-order valence-corrected chi connectivity index (χ2v) is 4.78. The quantitative estimate of drug-likeness (QED) is 0.675. The fourth-order valence-electron chi connectivity index (χ4n) is 1.25. The summed E-state index contributed by atoms with van der Waals surface area (Å²) >= 11 is 6.03. The van der Waals surface area contributed by atoms with Crippen LogP contribution in [-0.2, 0) is 5.41 Å². The molecular weight excluding hydrogens is 184 g/mol. The normalized spacial score (nSPS) is 11.8. The van der Waals surface area contributed by atoms with Crippen LogP contribution >= 0.6 is 11.6 Å². The molecule has 0 aromatic heterocycles. The van der Waals surface area contributed by atoms with E-state index in [9.17, 15) is 5.11 Å². The summed E-state index contributed by atoms with van der Waals surface area (Å²) in [6.45, 7) is 8.18. The van der Waals surface area contributed by atoms with Crippen LogP contribution in [0.25, 0.3) is 0 Å². The summed E-state index contributed by atoms with van der Waals surface area (Å²) in [6.07, 6.45) is 0. The first-order valence-electron chi connectivity index (χ1n) is 4.32. The molecule has 72 valence electrons. The van der Waals surface area contributed by atoms with E-state index in [1.165, 1.54) is 0 Å². The van der Waals surface area contributed by atoms with Gasteiger partial charge in [-0.15, -0.1) is 0 Å². The first kappa shape index (κ1) is 10.4. The average Bonchev–Trinajstić information content (AvgIpc) is 1.94. The van der Waals surface area contributed by atoms with Crippen LogP contribution in [0.3, 0.4) is 0 Å². The zero-order valence-corrected chi connectivity index (χ0v) is 9.24. The van der Waals surface area contributed by atoms with Crippen molar-refractivity contribution in [1.29, 1.82) is 0 Å². The van der Waals surface area contributed by atoms with Crippen molar-refractivity contribution in [1.82, 2.24) is 0 Å². The van der Waals surface area contributed by atoms with Gasteiger partial charge in [0.05, 0.1) is 0 Å². The SMILES string of the molecule is Cc1cc(C(C)(C)C)c(Cl)cc1O. The van der Waals surface area contributed by atoms with Gasteiger partial charge in [-0.25, -0.2) is 0 Å². The van der Waals surface area contributed by atoms with Crippen LogP contribution < -0.4 is 0 Å². The molecule has 0 spiro atoms. The molecule has 1 aromatic carbocycles. The molecule has 0 atom stereocenters. The molecule has 13 heavy (non-hydrogen) atoms. The molecule has 1 rings (SSSR count). The van der Waals surface area contributed by atoms with Gasteiger partial charge < -0.3 is 5.11 Å². The van der Waals surface area contributed by atoms with E-state index in [4.69, 9.17) is 11.6 Å². The van der Waals surface area contributed by atoms with Crippen molar-refractivity contribution < 1.29 is 5.11 Å². The highest BCUT2D eigenvalue weighted by molar-refractivity contribution is 6.31. The summed E-state index contributed by atoms with van der Waals surface area (Å²) in [7, 11) is 0. The second-order valence-electron chi connectivity index (χ2n) is 4.37. The minimum Gasteiger partial charge on any atom is -0.508 e. The van der Waals surface area contributed by atoms with Crippen LogP contribution in [0.1, 0.15) is 31.9 Å². The number of aromatic hydroxyl groups is 1. The summed E-state index contributed by atoms with van der Waals surface area (Å²) in [5.74, 6) is 0.262. The molecule has 1 aromatic rings. The van der Waals surface area contributed by atoms with Gasteiger partial charge in [0.1, 0.15) is 5.75 Å². The Bertz CT molecular complexity index is 324. The number of rotatable bonds is 0. The lowest BCUT2D eigenvalue weighted by Crippen LogP contribution is -2.11. The summed E-state index contributed by atoms with van der Waals surface area (Å²) in [6, 6.07) is 3.55. The van der Waals surface area contributed by atoms with Crippen LogP contribution in [0.2, 0.25) is 5.02 Å². The van der Waals surface area contributed by atoms with E-state index in [1.54, 1.807) is 6.07 Å². The van der Waals surface area contributed by atoms with E-state index >= 15 is 0 Å². The molecule has 0 saturated carbocycles. The lowest BCUT2D eigenvalue weighted by Gasteiger charge is -2.21. The van der Waals surface area contributed by atoms with Crippen LogP contribution in [0, 0.1) is 6.92 Å². The van der Waals surface area contributed by atoms with E-state index in [2.05, 4.69) is 20.8 Å². The summed E-state index contributed by atoms with van der Waals surface area (Å²) in [5.41, 5.74) is 1.97. The van der Waals surface area contributed by atoms with Crippen molar-refractivity contribution in [2.24, 2.45) is 0 Å². The Kier molecular flexibility index (Phi) is 2.58. The number of halogens is 1. The molecule has 0 saturated heterocycles. The zero-order chi connectivity index (χ0) is 10.2. The molecule has 1 N–H and O–H groups in total. The maximum atomic E-state index is 9.41. The van der Waals surface area contributed by atoms with Crippen LogP contribution in [-0.4, -0.2) is 5.11 Å². The first-order chi connectivity index (χ1) is 5.82. The number of phenols is 1. The fourth-order valence-corrected chi connectivity index (χ4v) is 1.69. The minimum atomic E-state index is 0.0234. The third kappa shape index (κ3) is 2.16. The molecule has 0 heterocycles. The molecule has 0 aliphatic carbocycles. The smallest absolute Gasteiger partial charge is 0.119 e. The molecule has 0 bridgehead atoms. The average molecular weight is 199 g/mol. The first-order valence-corrected chi connectivity index (χ1v) is 4.70. The topological polar surface area (TPSA) is 20.2 Å². The van der Waals surface area contributed by atoms with Crippen molar-refractivity contribution in [3.05, 3.63) is 28.3 Å². The van der Waals surface area contributed by atoms with Gasteiger partial charge in [-0.1, -0.05) is 38.4 Å². The molecule has 0 amide bonds. The van der Waals surface area contributed by atoms with Gasteiger partial charge in [-0.3, -0.25) is 0 Å². The lowest BCUT2D eigenvalue weighted by atomic mass is 9.86. The highest BCUT2D eigenvalue weighted by Crippen LogP contribution is 2.33. The Morgan fingerprint density at radius 2 is 1.77 bits per heavy atom. The molecule has 0 radical (unpaired) electrons. The molecule has 0 fully saturated rings. The number of hydrogen-bond acceptors (Lipinski definition) is 1. The monoisotopic (exact) mass is 198 g/mol. The molecule has 2 heteroatoms. The minimum absolute atomic E-state index is 0.0234. The fraction of sp³-hybridized carbons (Fsp3) is 0.455. The van der Waals surface area contributed by atoms with Gasteiger partial charge in [0, 0.05) is 5.02 Å². The zero-order valence-electron chi connectivity index (χ0n) is 8.48. The Hall–Kier alpha value is -0.690. The maximum Gasteiger partial charge on any atom is 0.119 e. The Labute approximate surface area is 84.4 Å². The van der Waals surface area contributed by atoms with Gasteiger partial charge in [0.15, 0.2) is 0 Å². The maximum absolute atomic E-state index is 9.41. The largest absolute Gasteiger partial charge is 0.508 e. The van der Waals surface area contributed by atoms with Gasteiger partial charge in [0.2, 0.25) is 0 Å². The van der Waals surface area contributed by atoms with Crippen molar-refractivity contribution in [3.8, 4) is 5.75 Å². The van der Waals surface area contributed by atoms with Crippen molar-refractivity contribution >= 4 is 11.6 Å². The Balaban J connectivity index is 3.32.